The number of benzene rings is 1. The molecule has 6 heteroatoms. The molecule has 1 amide bonds. The van der Waals surface area contributed by atoms with Crippen molar-refractivity contribution >= 4 is 28.3 Å². The molecule has 1 unspecified atom stereocenters. The summed E-state index contributed by atoms with van der Waals surface area (Å²) in [5.74, 6) is 1.12. The van der Waals surface area contributed by atoms with Crippen LogP contribution >= 0.6 is 11.5 Å². The second kappa shape index (κ2) is 6.67. The zero-order valence-electron chi connectivity index (χ0n) is 12.7. The fourth-order valence-corrected chi connectivity index (χ4v) is 2.68. The molecule has 0 bridgehead atoms. The number of rotatable bonds is 5. The van der Waals surface area contributed by atoms with E-state index in [1.807, 2.05) is 24.3 Å². The summed E-state index contributed by atoms with van der Waals surface area (Å²) in [6, 6.07) is 7.88. The highest BCUT2D eigenvalue weighted by atomic mass is 32.1. The molecule has 21 heavy (non-hydrogen) atoms. The van der Waals surface area contributed by atoms with Crippen LogP contribution in [0.5, 0.6) is 0 Å². The molecule has 5 nitrogen and oxygen atoms in total. The minimum Gasteiger partial charge on any atom is -0.354 e. The summed E-state index contributed by atoms with van der Waals surface area (Å²) in [5, 5.41) is 6.95. The number of anilines is 2. The Hall–Kier alpha value is -1.95. The smallest absolute Gasteiger partial charge is 0.221 e. The normalized spacial score (nSPS) is 12.2. The van der Waals surface area contributed by atoms with E-state index in [1.165, 1.54) is 18.5 Å². The predicted octanol–water partition coefficient (Wildman–Crippen LogP) is 3.79. The largest absolute Gasteiger partial charge is 0.354 e. The molecule has 0 fully saturated rings. The van der Waals surface area contributed by atoms with Gasteiger partial charge in [-0.3, -0.25) is 4.79 Å². The molecular formula is C15H20N4OS. The van der Waals surface area contributed by atoms with Gasteiger partial charge in [0.2, 0.25) is 11.0 Å². The molecule has 2 N–H and O–H groups in total. The number of carbonyl (C=O) groups is 1. The number of nitrogens with one attached hydrogen (secondary N) is 2. The molecule has 0 saturated carbocycles. The first-order chi connectivity index (χ1) is 9.95. The maximum absolute atomic E-state index is 11.1. The van der Waals surface area contributed by atoms with Crippen LogP contribution in [0.25, 0.3) is 0 Å². The van der Waals surface area contributed by atoms with Crippen LogP contribution in [0, 0.1) is 0 Å². The third-order valence-electron chi connectivity index (χ3n) is 3.01. The Bertz CT molecular complexity index is 624. The summed E-state index contributed by atoms with van der Waals surface area (Å²) < 4.78 is 4.33. The van der Waals surface area contributed by atoms with Gasteiger partial charge in [-0.15, -0.1) is 0 Å². The van der Waals surface area contributed by atoms with Crippen molar-refractivity contribution in [3.8, 4) is 0 Å². The van der Waals surface area contributed by atoms with Gasteiger partial charge in [0.15, 0.2) is 0 Å². The van der Waals surface area contributed by atoms with Gasteiger partial charge in [-0.05, 0) is 24.6 Å². The SMILES string of the molecule is CC(=O)Nc1cccc(C(C)Nc2nc(C(C)C)ns2)c1. The van der Waals surface area contributed by atoms with Crippen LogP contribution in [-0.4, -0.2) is 15.3 Å². The molecule has 0 radical (unpaired) electrons. The van der Waals surface area contributed by atoms with E-state index < -0.39 is 0 Å². The van der Waals surface area contributed by atoms with Crippen LogP contribution in [0.3, 0.4) is 0 Å². The molecule has 2 rings (SSSR count). The highest BCUT2D eigenvalue weighted by Gasteiger charge is 2.11. The van der Waals surface area contributed by atoms with E-state index in [0.717, 1.165) is 22.2 Å². The number of hydrogen-bond acceptors (Lipinski definition) is 5. The fourth-order valence-electron chi connectivity index (χ4n) is 1.89. The first-order valence-electron chi connectivity index (χ1n) is 6.93. The molecule has 0 aliphatic carbocycles. The highest BCUT2D eigenvalue weighted by molar-refractivity contribution is 7.09. The Labute approximate surface area is 129 Å². The van der Waals surface area contributed by atoms with Crippen LogP contribution < -0.4 is 10.6 Å². The Kier molecular flexibility index (Phi) is 4.90. The minimum atomic E-state index is -0.0709. The van der Waals surface area contributed by atoms with E-state index >= 15 is 0 Å². The van der Waals surface area contributed by atoms with Crippen LogP contribution in [0.4, 0.5) is 10.8 Å². The summed E-state index contributed by atoms with van der Waals surface area (Å²) in [5.41, 5.74) is 1.89. The molecular weight excluding hydrogens is 284 g/mol. The molecule has 0 saturated heterocycles. The molecule has 0 aliphatic heterocycles. The van der Waals surface area contributed by atoms with E-state index in [2.05, 4.69) is 40.8 Å². The average Bonchev–Trinajstić information content (AvgIpc) is 2.87. The van der Waals surface area contributed by atoms with Crippen LogP contribution in [0.1, 0.15) is 51.0 Å². The van der Waals surface area contributed by atoms with E-state index in [4.69, 9.17) is 0 Å². The summed E-state index contributed by atoms with van der Waals surface area (Å²) in [4.78, 5) is 15.6. The zero-order valence-corrected chi connectivity index (χ0v) is 13.5. The van der Waals surface area contributed by atoms with Crippen molar-refractivity contribution in [2.75, 3.05) is 10.6 Å². The Balaban J connectivity index is 2.08. The van der Waals surface area contributed by atoms with Crippen molar-refractivity contribution in [1.82, 2.24) is 9.36 Å². The van der Waals surface area contributed by atoms with Crippen molar-refractivity contribution in [1.29, 1.82) is 0 Å². The van der Waals surface area contributed by atoms with Crippen LogP contribution in [0.2, 0.25) is 0 Å². The first kappa shape index (κ1) is 15.4. The van der Waals surface area contributed by atoms with Crippen molar-refractivity contribution < 1.29 is 4.79 Å². The molecule has 1 aromatic carbocycles. The van der Waals surface area contributed by atoms with Gasteiger partial charge in [0, 0.05) is 30.1 Å². The van der Waals surface area contributed by atoms with E-state index in [-0.39, 0.29) is 11.9 Å². The average molecular weight is 304 g/mol. The van der Waals surface area contributed by atoms with Crippen molar-refractivity contribution in [3.05, 3.63) is 35.7 Å². The molecule has 1 aromatic heterocycles. The van der Waals surface area contributed by atoms with Gasteiger partial charge in [0.1, 0.15) is 5.82 Å². The predicted molar refractivity (Wildman–Crippen MR) is 86.8 cm³/mol. The van der Waals surface area contributed by atoms with E-state index in [0.29, 0.717) is 5.92 Å². The lowest BCUT2D eigenvalue weighted by molar-refractivity contribution is -0.114. The van der Waals surface area contributed by atoms with Crippen molar-refractivity contribution in [2.24, 2.45) is 0 Å². The monoisotopic (exact) mass is 304 g/mol. The standard InChI is InChI=1S/C15H20N4OS/c1-9(2)14-18-15(21-19-14)16-10(3)12-6-5-7-13(8-12)17-11(4)20/h5-10H,1-4H3,(H,17,20)(H,16,18,19). The lowest BCUT2D eigenvalue weighted by atomic mass is 10.1. The zero-order chi connectivity index (χ0) is 15.4. The van der Waals surface area contributed by atoms with Gasteiger partial charge in [0.25, 0.3) is 0 Å². The summed E-state index contributed by atoms with van der Waals surface area (Å²) >= 11 is 1.37. The van der Waals surface area contributed by atoms with E-state index in [9.17, 15) is 4.79 Å². The molecule has 1 heterocycles. The Morgan fingerprint density at radius 2 is 2.05 bits per heavy atom. The van der Waals surface area contributed by atoms with Gasteiger partial charge in [-0.1, -0.05) is 26.0 Å². The number of amides is 1. The van der Waals surface area contributed by atoms with Crippen molar-refractivity contribution in [3.63, 3.8) is 0 Å². The number of carbonyl (C=O) groups excluding carboxylic acids is 1. The maximum atomic E-state index is 11.1. The van der Waals surface area contributed by atoms with E-state index in [1.54, 1.807) is 0 Å². The summed E-state index contributed by atoms with van der Waals surface area (Å²) in [7, 11) is 0. The van der Waals surface area contributed by atoms with Crippen molar-refractivity contribution in [2.45, 2.75) is 39.7 Å². The van der Waals surface area contributed by atoms with Crippen LogP contribution in [0.15, 0.2) is 24.3 Å². The van der Waals surface area contributed by atoms with Gasteiger partial charge < -0.3 is 10.6 Å². The Morgan fingerprint density at radius 3 is 2.67 bits per heavy atom. The lowest BCUT2D eigenvalue weighted by Gasteiger charge is -2.14. The lowest BCUT2D eigenvalue weighted by Crippen LogP contribution is -2.09. The topological polar surface area (TPSA) is 66.9 Å². The number of hydrogen-bond donors (Lipinski definition) is 2. The van der Waals surface area contributed by atoms with Crippen LogP contribution in [-0.2, 0) is 4.79 Å². The second-order valence-corrected chi connectivity index (χ2v) is 6.04. The first-order valence-corrected chi connectivity index (χ1v) is 7.70. The number of nitrogens with zero attached hydrogens (tertiary/aromatic N) is 2. The summed E-state index contributed by atoms with van der Waals surface area (Å²) in [6.45, 7) is 7.71. The highest BCUT2D eigenvalue weighted by Crippen LogP contribution is 2.24. The van der Waals surface area contributed by atoms with Gasteiger partial charge in [0.05, 0.1) is 6.04 Å². The maximum Gasteiger partial charge on any atom is 0.221 e. The third kappa shape index (κ3) is 4.26. The van der Waals surface area contributed by atoms with Gasteiger partial charge >= 0.3 is 0 Å². The molecule has 2 aromatic rings. The molecule has 1 atom stereocenters. The van der Waals surface area contributed by atoms with Gasteiger partial charge in [-0.25, -0.2) is 4.98 Å². The Morgan fingerprint density at radius 1 is 1.29 bits per heavy atom. The minimum absolute atomic E-state index is 0.0709. The fraction of sp³-hybridized carbons (Fsp3) is 0.400. The molecule has 0 aliphatic rings. The van der Waals surface area contributed by atoms with Gasteiger partial charge in [-0.2, -0.15) is 4.37 Å². The number of aromatic nitrogens is 2. The summed E-state index contributed by atoms with van der Waals surface area (Å²) in [6.07, 6.45) is 0. The quantitative estimate of drug-likeness (QED) is 0.882. The third-order valence-corrected chi connectivity index (χ3v) is 3.67. The second-order valence-electron chi connectivity index (χ2n) is 5.29. The molecule has 112 valence electrons. The molecule has 0 spiro atoms.